The molecule has 0 amide bonds. The molecule has 0 fully saturated rings. The van der Waals surface area contributed by atoms with Crippen LogP contribution in [-0.2, 0) is 4.79 Å². The van der Waals surface area contributed by atoms with Crippen molar-refractivity contribution >= 4 is 29.1 Å². The molecule has 0 N–H and O–H groups in total. The van der Waals surface area contributed by atoms with Crippen molar-refractivity contribution in [3.05, 3.63) is 120 Å². The summed E-state index contributed by atoms with van der Waals surface area (Å²) >= 11 is 0. The zero-order valence-corrected chi connectivity index (χ0v) is 15.1. The monoisotopic (exact) mass is 353 g/mol. The fourth-order valence-corrected chi connectivity index (χ4v) is 7.99. The summed E-state index contributed by atoms with van der Waals surface area (Å²) in [6.07, 6.45) is 5.91. The maximum Gasteiger partial charge on any atom is 0.145 e. The van der Waals surface area contributed by atoms with Crippen molar-refractivity contribution in [1.82, 2.24) is 0 Å². The first kappa shape index (κ1) is 16.5. The van der Waals surface area contributed by atoms with Gasteiger partial charge in [0.25, 0.3) is 0 Å². The lowest BCUT2D eigenvalue weighted by Crippen LogP contribution is -2.32. The van der Waals surface area contributed by atoms with Gasteiger partial charge in [0.1, 0.15) is 40.0 Å². The fraction of sp³-hybridized carbons (Fsp3) is 0. The van der Waals surface area contributed by atoms with E-state index in [0.29, 0.717) is 5.57 Å². The topological polar surface area (TPSA) is 17.1 Å². The number of allylic oxidation sites excluding steroid dienone is 5. The Balaban J connectivity index is 2.13. The second kappa shape index (κ2) is 7.10. The molecule has 1 aliphatic carbocycles. The molecule has 0 aliphatic heterocycles. The molecule has 1 aliphatic rings. The van der Waals surface area contributed by atoms with Crippen LogP contribution in [0, 0.1) is 0 Å². The van der Waals surface area contributed by atoms with E-state index in [2.05, 4.69) is 84.8 Å². The lowest BCUT2D eigenvalue weighted by Gasteiger charge is -2.28. The SMILES string of the molecule is O=C=C1C=CC=C1[P+](c1ccccc1)(c1ccccc1)c1ccccc1. The van der Waals surface area contributed by atoms with Crippen LogP contribution in [0.25, 0.3) is 0 Å². The zero-order valence-electron chi connectivity index (χ0n) is 14.2. The van der Waals surface area contributed by atoms with Crippen molar-refractivity contribution in [1.29, 1.82) is 0 Å². The second-order valence-electron chi connectivity index (χ2n) is 6.10. The van der Waals surface area contributed by atoms with Crippen LogP contribution in [0.2, 0.25) is 0 Å². The number of hydrogen-bond donors (Lipinski definition) is 0. The smallest absolute Gasteiger partial charge is 0.145 e. The van der Waals surface area contributed by atoms with Crippen LogP contribution in [0.4, 0.5) is 0 Å². The fourth-order valence-electron chi connectivity index (χ4n) is 3.61. The highest BCUT2D eigenvalue weighted by Gasteiger charge is 2.51. The largest absolute Gasteiger partial charge is 0.233 e. The van der Waals surface area contributed by atoms with Crippen LogP contribution >= 0.6 is 7.26 Å². The number of hydrogen-bond acceptors (Lipinski definition) is 1. The summed E-state index contributed by atoms with van der Waals surface area (Å²) in [6.45, 7) is 0. The molecule has 0 saturated carbocycles. The lowest BCUT2D eigenvalue weighted by molar-refractivity contribution is 0.568. The highest BCUT2D eigenvalue weighted by Crippen LogP contribution is 2.65. The first-order valence-corrected chi connectivity index (χ1v) is 10.4. The molecule has 0 saturated heterocycles. The molecule has 4 rings (SSSR count). The third-order valence-corrected chi connectivity index (χ3v) is 9.03. The molecule has 124 valence electrons. The van der Waals surface area contributed by atoms with E-state index in [9.17, 15) is 4.79 Å². The van der Waals surface area contributed by atoms with Crippen LogP contribution in [0.5, 0.6) is 0 Å². The lowest BCUT2D eigenvalue weighted by atomic mass is 10.3. The molecule has 0 heterocycles. The molecule has 0 aromatic heterocycles. The van der Waals surface area contributed by atoms with Gasteiger partial charge in [-0.15, -0.1) is 0 Å². The van der Waals surface area contributed by atoms with Crippen LogP contribution in [-0.4, -0.2) is 5.94 Å². The minimum atomic E-state index is -2.17. The van der Waals surface area contributed by atoms with E-state index in [4.69, 9.17) is 0 Å². The van der Waals surface area contributed by atoms with Gasteiger partial charge in [-0.3, -0.25) is 0 Å². The highest BCUT2D eigenvalue weighted by atomic mass is 31.2. The molecule has 0 bridgehead atoms. The quantitative estimate of drug-likeness (QED) is 0.508. The van der Waals surface area contributed by atoms with Crippen molar-refractivity contribution in [2.45, 2.75) is 0 Å². The van der Waals surface area contributed by atoms with Crippen molar-refractivity contribution < 1.29 is 4.79 Å². The summed E-state index contributed by atoms with van der Waals surface area (Å²) in [5, 5.41) is 4.77. The van der Waals surface area contributed by atoms with Crippen LogP contribution in [0.3, 0.4) is 0 Å². The molecule has 3 aromatic rings. The van der Waals surface area contributed by atoms with E-state index in [1.165, 1.54) is 15.9 Å². The number of rotatable bonds is 4. The average molecular weight is 353 g/mol. The first-order valence-electron chi connectivity index (χ1n) is 8.57. The molecule has 0 unspecified atom stereocenters. The van der Waals surface area contributed by atoms with Gasteiger partial charge in [-0.1, -0.05) is 60.7 Å². The zero-order chi connectivity index (χ0) is 17.8. The standard InChI is InChI=1S/C24H18OP/c25-19-20-11-10-18-24(20)26(21-12-4-1-5-13-21,22-14-6-2-7-15-22)23-16-8-3-9-17-23/h1-18H/q+1. The molecule has 26 heavy (non-hydrogen) atoms. The van der Waals surface area contributed by atoms with Gasteiger partial charge in [-0.05, 0) is 48.6 Å². The minimum absolute atomic E-state index is 0.648. The second-order valence-corrected chi connectivity index (χ2v) is 9.48. The van der Waals surface area contributed by atoms with Gasteiger partial charge in [0.15, 0.2) is 0 Å². The van der Waals surface area contributed by atoms with Crippen molar-refractivity contribution in [3.8, 4) is 0 Å². The Labute approximate surface area is 154 Å². The van der Waals surface area contributed by atoms with Crippen LogP contribution in [0.1, 0.15) is 0 Å². The maximum absolute atomic E-state index is 11.7. The van der Waals surface area contributed by atoms with E-state index >= 15 is 0 Å². The number of benzene rings is 3. The van der Waals surface area contributed by atoms with Gasteiger partial charge >= 0.3 is 0 Å². The van der Waals surface area contributed by atoms with Gasteiger partial charge in [0.05, 0.1) is 0 Å². The Hall–Kier alpha value is -2.98. The Kier molecular flexibility index (Phi) is 4.50. The molecule has 3 aromatic carbocycles. The van der Waals surface area contributed by atoms with Gasteiger partial charge < -0.3 is 0 Å². The summed E-state index contributed by atoms with van der Waals surface area (Å²) < 4.78 is 0. The van der Waals surface area contributed by atoms with Gasteiger partial charge in [0.2, 0.25) is 0 Å². The van der Waals surface area contributed by atoms with Gasteiger partial charge in [-0.2, -0.15) is 0 Å². The minimum Gasteiger partial charge on any atom is -0.233 e. The Morgan fingerprint density at radius 1 is 0.615 bits per heavy atom. The predicted octanol–water partition coefficient (Wildman–Crippen LogP) is 4.19. The summed E-state index contributed by atoms with van der Waals surface area (Å²) in [5.74, 6) is 2.17. The molecule has 2 heteroatoms. The van der Waals surface area contributed by atoms with Crippen LogP contribution in [0.15, 0.2) is 120 Å². The van der Waals surface area contributed by atoms with E-state index in [1.54, 1.807) is 0 Å². The van der Waals surface area contributed by atoms with E-state index in [1.807, 2.05) is 30.4 Å². The summed E-state index contributed by atoms with van der Waals surface area (Å²) in [7, 11) is -2.17. The summed E-state index contributed by atoms with van der Waals surface area (Å²) in [4.78, 5) is 11.7. The molecule has 1 nitrogen and oxygen atoms in total. The highest BCUT2D eigenvalue weighted by molar-refractivity contribution is 7.99. The van der Waals surface area contributed by atoms with Crippen LogP contribution < -0.4 is 15.9 Å². The Morgan fingerprint density at radius 2 is 1.04 bits per heavy atom. The maximum atomic E-state index is 11.7. The van der Waals surface area contributed by atoms with Crippen molar-refractivity contribution in [2.75, 3.05) is 0 Å². The number of carbonyl (C=O) groups excluding carboxylic acids is 1. The average Bonchev–Trinajstić information content (AvgIpc) is 3.20. The molecule has 0 spiro atoms. The first-order chi connectivity index (χ1) is 12.9. The van der Waals surface area contributed by atoms with Gasteiger partial charge in [-0.25, -0.2) is 4.79 Å². The van der Waals surface area contributed by atoms with E-state index in [0.717, 1.165) is 5.31 Å². The van der Waals surface area contributed by atoms with Crippen molar-refractivity contribution in [3.63, 3.8) is 0 Å². The van der Waals surface area contributed by atoms with E-state index in [-0.39, 0.29) is 0 Å². The molecule has 0 radical (unpaired) electrons. The Morgan fingerprint density at radius 3 is 1.42 bits per heavy atom. The molecular formula is C24H18OP+. The van der Waals surface area contributed by atoms with E-state index < -0.39 is 7.26 Å². The van der Waals surface area contributed by atoms with Gasteiger partial charge in [0, 0.05) is 0 Å². The molecular weight excluding hydrogens is 335 g/mol. The summed E-state index contributed by atoms with van der Waals surface area (Å²) in [6, 6.07) is 31.6. The normalized spacial score (nSPS) is 13.4. The predicted molar refractivity (Wildman–Crippen MR) is 112 cm³/mol. The third kappa shape index (κ3) is 2.59. The third-order valence-electron chi connectivity index (χ3n) is 4.69. The summed E-state index contributed by atoms with van der Waals surface area (Å²) in [5.41, 5.74) is 0.648. The Bertz CT molecular complexity index is 915. The molecule has 0 atom stereocenters. The van der Waals surface area contributed by atoms with Crippen molar-refractivity contribution in [2.24, 2.45) is 0 Å².